The molecule has 9 nitrogen and oxygen atoms in total. The van der Waals surface area contributed by atoms with Crippen molar-refractivity contribution in [2.45, 2.75) is 50.5 Å². The number of benzene rings is 3. The lowest BCUT2D eigenvalue weighted by Gasteiger charge is -2.44. The second-order valence-electron chi connectivity index (χ2n) is 9.38. The van der Waals surface area contributed by atoms with Gasteiger partial charge in [-0.1, -0.05) is 91.0 Å². The highest BCUT2D eigenvalue weighted by atomic mass is 16.7. The molecule has 40 heavy (non-hydrogen) atoms. The van der Waals surface area contributed by atoms with Crippen molar-refractivity contribution in [1.82, 2.24) is 9.97 Å². The zero-order chi connectivity index (χ0) is 27.6. The van der Waals surface area contributed by atoms with Gasteiger partial charge in [0.2, 0.25) is 5.82 Å². The first kappa shape index (κ1) is 27.7. The predicted molar refractivity (Wildman–Crippen MR) is 145 cm³/mol. The van der Waals surface area contributed by atoms with Crippen molar-refractivity contribution >= 4 is 5.97 Å². The van der Waals surface area contributed by atoms with Crippen LogP contribution < -0.4 is 0 Å². The van der Waals surface area contributed by atoms with Gasteiger partial charge in [0, 0.05) is 12.4 Å². The first-order chi connectivity index (χ1) is 19.7. The minimum Gasteiger partial charge on any atom is -0.457 e. The molecule has 1 saturated heterocycles. The molecule has 4 aromatic rings. The van der Waals surface area contributed by atoms with E-state index in [0.717, 1.165) is 16.7 Å². The number of aliphatic hydroxyl groups excluding tert-OH is 1. The van der Waals surface area contributed by atoms with Crippen LogP contribution in [0.15, 0.2) is 103 Å². The van der Waals surface area contributed by atoms with Crippen LogP contribution in [0.2, 0.25) is 0 Å². The minimum absolute atomic E-state index is 0.0686. The number of nitrogens with zero attached hydrogens (tertiary/aromatic N) is 1. The summed E-state index contributed by atoms with van der Waals surface area (Å²) in [4.78, 5) is 19.2. The van der Waals surface area contributed by atoms with Crippen molar-refractivity contribution in [3.05, 3.63) is 126 Å². The quantitative estimate of drug-likeness (QED) is 0.257. The third kappa shape index (κ3) is 7.41. The number of hydrogen-bond acceptors (Lipinski definition) is 8. The third-order valence-corrected chi connectivity index (χ3v) is 6.54. The highest BCUT2D eigenvalue weighted by molar-refractivity contribution is 5.85. The van der Waals surface area contributed by atoms with E-state index < -0.39 is 36.7 Å². The summed E-state index contributed by atoms with van der Waals surface area (Å²) in [6.07, 6.45) is -1.55. The van der Waals surface area contributed by atoms with Crippen LogP contribution >= 0.6 is 0 Å². The Morgan fingerprint density at radius 3 is 1.75 bits per heavy atom. The standard InChI is InChI=1S/C31H32N2O7/c34-30-28(38-20-24-14-8-3-9-15-24)27(37-19-23-12-6-2-7-13-23)26(36-18-22-10-4-1-5-11-22)25(40-30)21-39-31(35)29-32-16-17-33-29/h1-17,25-28,30,34H,18-21H2,(H,32,33)/t25-,26-,27+,28-,30-/m1/s1. The Hall–Kier alpha value is -3.86. The summed E-state index contributed by atoms with van der Waals surface area (Å²) in [7, 11) is 0. The van der Waals surface area contributed by atoms with Crippen LogP contribution in [0.1, 0.15) is 27.3 Å². The van der Waals surface area contributed by atoms with E-state index in [-0.39, 0.29) is 32.3 Å². The minimum atomic E-state index is -1.35. The number of imidazole rings is 1. The van der Waals surface area contributed by atoms with Crippen molar-refractivity contribution in [1.29, 1.82) is 0 Å². The van der Waals surface area contributed by atoms with Gasteiger partial charge in [0.15, 0.2) is 6.29 Å². The Balaban J connectivity index is 1.38. The largest absolute Gasteiger partial charge is 0.457 e. The molecule has 9 heteroatoms. The average molecular weight is 545 g/mol. The number of aromatic nitrogens is 2. The fourth-order valence-electron chi connectivity index (χ4n) is 4.50. The Morgan fingerprint density at radius 1 is 0.750 bits per heavy atom. The maximum atomic E-state index is 12.5. The van der Waals surface area contributed by atoms with Crippen LogP contribution in [0, 0.1) is 0 Å². The lowest BCUT2D eigenvalue weighted by atomic mass is 9.98. The molecule has 0 bridgehead atoms. The monoisotopic (exact) mass is 544 g/mol. The zero-order valence-electron chi connectivity index (χ0n) is 21.9. The smallest absolute Gasteiger partial charge is 0.374 e. The summed E-state index contributed by atoms with van der Waals surface area (Å²) < 4.78 is 30.4. The molecule has 1 fully saturated rings. The van der Waals surface area contributed by atoms with E-state index in [9.17, 15) is 9.90 Å². The van der Waals surface area contributed by atoms with E-state index in [4.69, 9.17) is 23.7 Å². The number of rotatable bonds is 12. The summed E-state index contributed by atoms with van der Waals surface area (Å²) in [6.45, 7) is 0.561. The maximum absolute atomic E-state index is 12.5. The van der Waals surface area contributed by atoms with E-state index in [0.29, 0.717) is 0 Å². The van der Waals surface area contributed by atoms with Crippen LogP contribution in [0.5, 0.6) is 0 Å². The van der Waals surface area contributed by atoms with Crippen molar-refractivity contribution in [2.75, 3.05) is 6.61 Å². The van der Waals surface area contributed by atoms with Gasteiger partial charge in [-0.25, -0.2) is 9.78 Å². The predicted octanol–water partition coefficient (Wildman–Crippen LogP) is 4.04. The molecular weight excluding hydrogens is 512 g/mol. The van der Waals surface area contributed by atoms with Gasteiger partial charge in [0.25, 0.3) is 0 Å². The van der Waals surface area contributed by atoms with Crippen molar-refractivity contribution in [3.63, 3.8) is 0 Å². The number of aromatic amines is 1. The average Bonchev–Trinajstić information content (AvgIpc) is 3.55. The van der Waals surface area contributed by atoms with Crippen LogP contribution in [-0.4, -0.2) is 58.4 Å². The summed E-state index contributed by atoms with van der Waals surface area (Å²) in [5.74, 6) is -0.576. The summed E-state index contributed by atoms with van der Waals surface area (Å²) >= 11 is 0. The van der Waals surface area contributed by atoms with Crippen molar-refractivity contribution < 1.29 is 33.6 Å². The summed E-state index contributed by atoms with van der Waals surface area (Å²) in [5.41, 5.74) is 2.84. The van der Waals surface area contributed by atoms with Gasteiger partial charge in [0.1, 0.15) is 31.0 Å². The number of hydrogen-bond donors (Lipinski definition) is 2. The molecule has 1 aromatic heterocycles. The number of ether oxygens (including phenoxy) is 5. The second-order valence-corrected chi connectivity index (χ2v) is 9.38. The third-order valence-electron chi connectivity index (χ3n) is 6.54. The molecule has 2 N–H and O–H groups in total. The molecule has 0 radical (unpaired) electrons. The van der Waals surface area contributed by atoms with Gasteiger partial charge in [-0.2, -0.15) is 0 Å². The molecule has 0 aliphatic carbocycles. The van der Waals surface area contributed by atoms with Crippen LogP contribution in [-0.2, 0) is 43.5 Å². The molecule has 2 heterocycles. The number of nitrogens with one attached hydrogen (secondary N) is 1. The van der Waals surface area contributed by atoms with Crippen LogP contribution in [0.3, 0.4) is 0 Å². The van der Waals surface area contributed by atoms with Crippen molar-refractivity contribution in [2.24, 2.45) is 0 Å². The number of esters is 1. The van der Waals surface area contributed by atoms with Crippen LogP contribution in [0.25, 0.3) is 0 Å². The highest BCUT2D eigenvalue weighted by Crippen LogP contribution is 2.30. The SMILES string of the molecule is O=C(OC[C@H]1O[C@@H](O)[C@H](OCc2ccccc2)[C@@H](OCc2ccccc2)[C@@H]1OCc1ccccc1)c1ncc[nH]1. The number of aliphatic hydroxyl groups is 1. The second kappa shape index (κ2) is 14.0. The molecule has 0 spiro atoms. The molecule has 5 rings (SSSR count). The van der Waals surface area contributed by atoms with E-state index in [2.05, 4.69) is 9.97 Å². The van der Waals surface area contributed by atoms with Gasteiger partial charge in [-0.05, 0) is 16.7 Å². The lowest BCUT2D eigenvalue weighted by molar-refractivity contribution is -0.315. The normalized spacial score (nSPS) is 22.6. The topological polar surface area (TPSA) is 112 Å². The Bertz CT molecular complexity index is 1290. The molecule has 1 aliphatic rings. The van der Waals surface area contributed by atoms with Gasteiger partial charge < -0.3 is 33.8 Å². The molecule has 1 aliphatic heterocycles. The van der Waals surface area contributed by atoms with E-state index >= 15 is 0 Å². The summed E-state index contributed by atoms with van der Waals surface area (Å²) in [5, 5.41) is 11.1. The lowest BCUT2D eigenvalue weighted by Crippen LogP contribution is -2.61. The van der Waals surface area contributed by atoms with E-state index in [1.807, 2.05) is 91.0 Å². The van der Waals surface area contributed by atoms with Gasteiger partial charge in [0.05, 0.1) is 19.8 Å². The van der Waals surface area contributed by atoms with Crippen molar-refractivity contribution in [3.8, 4) is 0 Å². The molecule has 0 amide bonds. The molecule has 0 unspecified atom stereocenters. The zero-order valence-corrected chi connectivity index (χ0v) is 21.9. The first-order valence-electron chi connectivity index (χ1n) is 13.1. The maximum Gasteiger partial charge on any atom is 0.374 e. The van der Waals surface area contributed by atoms with Gasteiger partial charge in [-0.15, -0.1) is 0 Å². The molecular formula is C31H32N2O7. The Morgan fingerprint density at radius 2 is 1.25 bits per heavy atom. The molecule has 0 saturated carbocycles. The molecule has 5 atom stereocenters. The van der Waals surface area contributed by atoms with Gasteiger partial charge in [-0.3, -0.25) is 0 Å². The van der Waals surface area contributed by atoms with Gasteiger partial charge >= 0.3 is 5.97 Å². The fraction of sp³-hybridized carbons (Fsp3) is 0.290. The summed E-state index contributed by atoms with van der Waals surface area (Å²) in [6, 6.07) is 29.1. The number of carbonyl (C=O) groups excluding carboxylic acids is 1. The number of carbonyl (C=O) groups is 1. The van der Waals surface area contributed by atoms with E-state index in [1.54, 1.807) is 0 Å². The van der Waals surface area contributed by atoms with Crippen LogP contribution in [0.4, 0.5) is 0 Å². The number of H-pyrrole nitrogens is 1. The Labute approximate surface area is 232 Å². The fourth-order valence-corrected chi connectivity index (χ4v) is 4.50. The first-order valence-corrected chi connectivity index (χ1v) is 13.1. The Kier molecular flexibility index (Phi) is 9.68. The highest BCUT2D eigenvalue weighted by Gasteiger charge is 2.48. The molecule has 3 aromatic carbocycles. The van der Waals surface area contributed by atoms with E-state index in [1.165, 1.54) is 12.4 Å². The molecule has 208 valence electrons.